The minimum absolute atomic E-state index is 0.251. The Morgan fingerprint density at radius 1 is 1.09 bits per heavy atom. The number of methoxy groups -OCH3 is 1. The van der Waals surface area contributed by atoms with E-state index in [1.54, 1.807) is 45.0 Å². The largest absolute Gasteiger partial charge is 0.494 e. The van der Waals surface area contributed by atoms with Gasteiger partial charge in [-0.1, -0.05) is 0 Å². The second-order valence-electron chi connectivity index (χ2n) is 5.33. The fraction of sp³-hybridized carbons (Fsp3) is 0.529. The molecule has 0 radical (unpaired) electrons. The number of carbonyl (C=O) groups excluding carboxylic acids is 2. The summed E-state index contributed by atoms with van der Waals surface area (Å²) in [5, 5.41) is 0. The molecule has 0 spiro atoms. The van der Waals surface area contributed by atoms with Gasteiger partial charge in [-0.2, -0.15) is 0 Å². The first-order valence-corrected chi connectivity index (χ1v) is 7.55. The van der Waals surface area contributed by atoms with Gasteiger partial charge in [-0.15, -0.1) is 0 Å². The van der Waals surface area contributed by atoms with E-state index in [0.29, 0.717) is 37.6 Å². The Labute approximate surface area is 136 Å². The molecule has 0 aliphatic carbocycles. The Kier molecular flexibility index (Phi) is 7.38. The molecule has 0 saturated heterocycles. The highest BCUT2D eigenvalue weighted by Crippen LogP contribution is 2.23. The Bertz CT molecular complexity index is 506. The molecule has 128 valence electrons. The lowest BCUT2D eigenvalue weighted by molar-refractivity contribution is -0.158. The Morgan fingerprint density at radius 2 is 1.70 bits per heavy atom. The van der Waals surface area contributed by atoms with Crippen molar-refractivity contribution in [1.82, 2.24) is 0 Å². The molecule has 0 aliphatic heterocycles. The molecule has 0 saturated carbocycles. The van der Waals surface area contributed by atoms with Crippen molar-refractivity contribution in [3.8, 4) is 11.5 Å². The van der Waals surface area contributed by atoms with E-state index in [0.717, 1.165) is 0 Å². The van der Waals surface area contributed by atoms with Crippen LogP contribution in [0.3, 0.4) is 0 Å². The first-order valence-electron chi connectivity index (χ1n) is 7.55. The summed E-state index contributed by atoms with van der Waals surface area (Å²) >= 11 is 0. The second-order valence-corrected chi connectivity index (χ2v) is 5.33. The van der Waals surface area contributed by atoms with Crippen LogP contribution in [0.4, 0.5) is 0 Å². The van der Waals surface area contributed by atoms with Gasteiger partial charge in [0, 0.05) is 6.42 Å². The summed E-state index contributed by atoms with van der Waals surface area (Å²) in [5.74, 6) is 0.544. The smallest absolute Gasteiger partial charge is 0.349 e. The van der Waals surface area contributed by atoms with Crippen molar-refractivity contribution >= 4 is 11.9 Å². The van der Waals surface area contributed by atoms with Crippen LogP contribution in [0.5, 0.6) is 11.5 Å². The lowest BCUT2D eigenvalue weighted by Crippen LogP contribution is -2.39. The first kappa shape index (κ1) is 18.8. The summed E-state index contributed by atoms with van der Waals surface area (Å²) < 4.78 is 20.7. The standard InChI is InChI=1S/C17H24O6/c1-5-21-16(19)17(2,3)23-14-10-8-13(9-11-14)22-12-6-7-15(18)20-4/h8-11H,5-7,12H2,1-4H3. The molecule has 6 nitrogen and oxygen atoms in total. The summed E-state index contributed by atoms with van der Waals surface area (Å²) in [6.07, 6.45) is 0.909. The first-order chi connectivity index (χ1) is 10.9. The van der Waals surface area contributed by atoms with E-state index in [4.69, 9.17) is 14.2 Å². The number of hydrogen-bond donors (Lipinski definition) is 0. The van der Waals surface area contributed by atoms with Gasteiger partial charge in [0.1, 0.15) is 11.5 Å². The number of benzene rings is 1. The van der Waals surface area contributed by atoms with Gasteiger partial charge in [-0.25, -0.2) is 4.79 Å². The van der Waals surface area contributed by atoms with Crippen molar-refractivity contribution in [3.63, 3.8) is 0 Å². The van der Waals surface area contributed by atoms with E-state index < -0.39 is 11.6 Å². The van der Waals surface area contributed by atoms with E-state index in [9.17, 15) is 9.59 Å². The van der Waals surface area contributed by atoms with E-state index in [1.165, 1.54) is 7.11 Å². The highest BCUT2D eigenvalue weighted by molar-refractivity contribution is 5.79. The van der Waals surface area contributed by atoms with Crippen LogP contribution in [-0.4, -0.2) is 37.9 Å². The molecule has 1 aromatic carbocycles. The van der Waals surface area contributed by atoms with Gasteiger partial charge in [0.2, 0.25) is 0 Å². The Morgan fingerprint density at radius 3 is 2.26 bits per heavy atom. The van der Waals surface area contributed by atoms with Crippen molar-refractivity contribution < 1.29 is 28.5 Å². The zero-order valence-electron chi connectivity index (χ0n) is 14.1. The van der Waals surface area contributed by atoms with Crippen LogP contribution in [0.1, 0.15) is 33.6 Å². The molecule has 0 amide bonds. The predicted octanol–water partition coefficient (Wildman–Crippen LogP) is 2.74. The predicted molar refractivity (Wildman–Crippen MR) is 84.5 cm³/mol. The summed E-state index contributed by atoms with van der Waals surface area (Å²) in [6.45, 7) is 5.79. The third kappa shape index (κ3) is 6.59. The molecule has 6 heteroatoms. The summed E-state index contributed by atoms with van der Waals surface area (Å²) in [4.78, 5) is 22.8. The molecular weight excluding hydrogens is 300 g/mol. The van der Waals surface area contributed by atoms with Crippen molar-refractivity contribution in [2.75, 3.05) is 20.3 Å². The fourth-order valence-electron chi connectivity index (χ4n) is 1.75. The van der Waals surface area contributed by atoms with Gasteiger partial charge in [0.25, 0.3) is 0 Å². The van der Waals surface area contributed by atoms with Crippen LogP contribution in [0.25, 0.3) is 0 Å². The summed E-state index contributed by atoms with van der Waals surface area (Å²) in [7, 11) is 1.36. The van der Waals surface area contributed by atoms with E-state index >= 15 is 0 Å². The minimum Gasteiger partial charge on any atom is -0.494 e. The molecule has 0 aromatic heterocycles. The molecule has 23 heavy (non-hydrogen) atoms. The van der Waals surface area contributed by atoms with Gasteiger partial charge >= 0.3 is 11.9 Å². The maximum absolute atomic E-state index is 11.8. The van der Waals surface area contributed by atoms with Crippen molar-refractivity contribution in [1.29, 1.82) is 0 Å². The third-order valence-electron chi connectivity index (χ3n) is 2.99. The number of esters is 2. The lowest BCUT2D eigenvalue weighted by atomic mass is 10.1. The molecule has 0 N–H and O–H groups in total. The molecule has 0 bridgehead atoms. The van der Waals surface area contributed by atoms with Gasteiger partial charge in [-0.3, -0.25) is 4.79 Å². The molecule has 0 atom stereocenters. The maximum Gasteiger partial charge on any atom is 0.349 e. The number of hydrogen-bond acceptors (Lipinski definition) is 6. The van der Waals surface area contributed by atoms with Gasteiger partial charge in [0.05, 0.1) is 20.3 Å². The molecule has 1 aromatic rings. The molecular formula is C17H24O6. The number of ether oxygens (including phenoxy) is 4. The second kappa shape index (κ2) is 9.02. The summed E-state index contributed by atoms with van der Waals surface area (Å²) in [6, 6.07) is 6.93. The Balaban J connectivity index is 2.47. The minimum atomic E-state index is -1.06. The molecule has 1 rings (SSSR count). The third-order valence-corrected chi connectivity index (χ3v) is 2.99. The van der Waals surface area contributed by atoms with Crippen molar-refractivity contribution in [2.24, 2.45) is 0 Å². The van der Waals surface area contributed by atoms with E-state index in [1.807, 2.05) is 0 Å². The van der Waals surface area contributed by atoms with Crippen LogP contribution in [0.15, 0.2) is 24.3 Å². The zero-order chi connectivity index (χ0) is 17.3. The fourth-order valence-corrected chi connectivity index (χ4v) is 1.75. The van der Waals surface area contributed by atoms with Gasteiger partial charge < -0.3 is 18.9 Å². The highest BCUT2D eigenvalue weighted by atomic mass is 16.6. The van der Waals surface area contributed by atoms with Crippen LogP contribution in [-0.2, 0) is 19.1 Å². The molecule has 0 aliphatic rings. The van der Waals surface area contributed by atoms with Crippen LogP contribution >= 0.6 is 0 Å². The topological polar surface area (TPSA) is 71.1 Å². The van der Waals surface area contributed by atoms with Crippen LogP contribution in [0, 0.1) is 0 Å². The van der Waals surface area contributed by atoms with Crippen LogP contribution < -0.4 is 9.47 Å². The normalized spacial score (nSPS) is 10.8. The molecule has 0 fully saturated rings. The van der Waals surface area contributed by atoms with Crippen LogP contribution in [0.2, 0.25) is 0 Å². The molecule has 0 unspecified atom stereocenters. The number of carbonyl (C=O) groups is 2. The van der Waals surface area contributed by atoms with Gasteiger partial charge in [0.15, 0.2) is 5.60 Å². The average Bonchev–Trinajstić information content (AvgIpc) is 2.52. The highest BCUT2D eigenvalue weighted by Gasteiger charge is 2.31. The van der Waals surface area contributed by atoms with E-state index in [-0.39, 0.29) is 5.97 Å². The monoisotopic (exact) mass is 324 g/mol. The zero-order valence-corrected chi connectivity index (χ0v) is 14.1. The van der Waals surface area contributed by atoms with Gasteiger partial charge in [-0.05, 0) is 51.5 Å². The maximum atomic E-state index is 11.8. The lowest BCUT2D eigenvalue weighted by Gasteiger charge is -2.24. The van der Waals surface area contributed by atoms with E-state index in [2.05, 4.69) is 4.74 Å². The average molecular weight is 324 g/mol. The Hall–Kier alpha value is -2.24. The van der Waals surface area contributed by atoms with Crippen molar-refractivity contribution in [2.45, 2.75) is 39.2 Å². The van der Waals surface area contributed by atoms with Crippen molar-refractivity contribution in [3.05, 3.63) is 24.3 Å². The quantitative estimate of drug-likeness (QED) is 0.514. The molecule has 0 heterocycles. The SMILES string of the molecule is CCOC(=O)C(C)(C)Oc1ccc(OCCCC(=O)OC)cc1. The summed E-state index contributed by atoms with van der Waals surface area (Å²) in [5.41, 5.74) is -1.06. The number of rotatable bonds is 9.